The van der Waals surface area contributed by atoms with Crippen molar-refractivity contribution in [2.24, 2.45) is 5.92 Å². The van der Waals surface area contributed by atoms with Crippen LogP contribution in [0.1, 0.15) is 51.9 Å². The third-order valence-electron chi connectivity index (χ3n) is 3.16. The highest BCUT2D eigenvalue weighted by Crippen LogP contribution is 2.18. The van der Waals surface area contributed by atoms with Crippen molar-refractivity contribution in [3.63, 3.8) is 0 Å². The van der Waals surface area contributed by atoms with E-state index < -0.39 is 25.0 Å². The minimum Gasteiger partial charge on any atom is -0.391 e. The Hall–Kier alpha value is -0.670. The minimum atomic E-state index is -2.43. The minimum absolute atomic E-state index is 0.00269. The van der Waals surface area contributed by atoms with Crippen LogP contribution >= 0.6 is 0 Å². The Morgan fingerprint density at radius 3 is 2.72 bits per heavy atom. The van der Waals surface area contributed by atoms with Crippen molar-refractivity contribution in [1.29, 1.82) is 0 Å². The van der Waals surface area contributed by atoms with E-state index in [0.717, 1.165) is 12.8 Å². The monoisotopic (exact) mass is 259 g/mol. The number of likely N-dealkylation sites (N-methyl/N-ethyl adjacent to an activating group) is 1. The summed E-state index contributed by atoms with van der Waals surface area (Å²) in [5.41, 5.74) is 0. The Bertz CT molecular complexity index is 380. The average molecular weight is 259 g/mol. The Kier molecular flexibility index (Phi) is 5.77. The van der Waals surface area contributed by atoms with E-state index in [1.165, 1.54) is 6.08 Å². The molecule has 18 heavy (non-hydrogen) atoms. The van der Waals surface area contributed by atoms with Gasteiger partial charge in [0.15, 0.2) is 5.78 Å². The van der Waals surface area contributed by atoms with Gasteiger partial charge in [-0.05, 0) is 39.7 Å². The van der Waals surface area contributed by atoms with Crippen LogP contribution in [0.4, 0.5) is 0 Å². The molecule has 0 rings (SSSR count). The number of aliphatic hydroxyl groups excluding tert-OH is 1. The highest BCUT2D eigenvalue weighted by Gasteiger charge is 2.31. The number of hydrogen-bond acceptors (Lipinski definition) is 3. The fourth-order valence-electron chi connectivity index (χ4n) is 1.98. The molecule has 3 nitrogen and oxygen atoms in total. The van der Waals surface area contributed by atoms with Crippen LogP contribution in [0.2, 0.25) is 0 Å². The first-order valence-corrected chi connectivity index (χ1v) is 6.56. The van der Waals surface area contributed by atoms with Gasteiger partial charge in [-0.3, -0.25) is 9.69 Å². The molecule has 0 aromatic carbocycles. The predicted octanol–water partition coefficient (Wildman–Crippen LogP) is 2.64. The number of nitrogens with zero attached hydrogens (tertiary/aromatic N) is 1. The van der Waals surface area contributed by atoms with Crippen molar-refractivity contribution < 1.29 is 15.4 Å². The van der Waals surface area contributed by atoms with Gasteiger partial charge in [-0.15, -0.1) is 0 Å². The summed E-state index contributed by atoms with van der Waals surface area (Å²) in [5.74, 6) is -0.308. The maximum Gasteiger partial charge on any atom is 0.152 e. The third kappa shape index (κ3) is 5.78. The molecule has 1 N–H and O–H groups in total. The van der Waals surface area contributed by atoms with Crippen LogP contribution in [0.25, 0.3) is 0 Å². The molecule has 0 aromatic rings. The van der Waals surface area contributed by atoms with Gasteiger partial charge < -0.3 is 5.11 Å². The average Bonchev–Trinajstić information content (AvgIpc) is 2.40. The van der Waals surface area contributed by atoms with Gasteiger partial charge in [0.1, 0.15) is 0 Å². The van der Waals surface area contributed by atoms with E-state index in [4.69, 9.17) is 5.48 Å². The van der Waals surface area contributed by atoms with Gasteiger partial charge in [-0.25, -0.2) is 0 Å². The zero-order valence-electron chi connectivity index (χ0n) is 15.9. The van der Waals surface area contributed by atoms with Crippen molar-refractivity contribution in [1.82, 2.24) is 4.90 Å². The topological polar surface area (TPSA) is 40.5 Å². The lowest BCUT2D eigenvalue weighted by atomic mass is 9.90. The van der Waals surface area contributed by atoms with E-state index in [9.17, 15) is 9.90 Å². The Balaban J connectivity index is 4.86. The lowest BCUT2D eigenvalue weighted by Gasteiger charge is -2.31. The van der Waals surface area contributed by atoms with Crippen LogP contribution in [0.5, 0.6) is 0 Å². The Morgan fingerprint density at radius 1 is 1.56 bits per heavy atom. The van der Waals surface area contributed by atoms with E-state index in [0.29, 0.717) is 6.42 Å². The summed E-state index contributed by atoms with van der Waals surface area (Å²) in [5, 5.41) is 10.4. The second-order valence-corrected chi connectivity index (χ2v) is 5.03. The molecule has 3 atom stereocenters. The summed E-state index contributed by atoms with van der Waals surface area (Å²) in [7, 11) is 3.50. The molecule has 0 fully saturated rings. The van der Waals surface area contributed by atoms with Gasteiger partial charge in [-0.2, -0.15) is 0 Å². The molecule has 0 saturated heterocycles. The maximum absolute atomic E-state index is 12.2. The lowest BCUT2D eigenvalue weighted by Crippen LogP contribution is -2.47. The van der Waals surface area contributed by atoms with Crippen LogP contribution in [0, 0.1) is 5.92 Å². The second-order valence-electron chi connectivity index (χ2n) is 5.03. The zero-order chi connectivity index (χ0) is 17.5. The maximum atomic E-state index is 12.2. The van der Waals surface area contributed by atoms with Gasteiger partial charge in [0, 0.05) is 10.5 Å². The summed E-state index contributed by atoms with van der Waals surface area (Å²) in [6, 6.07) is -1.03. The standard InChI is InChI=1S/C15H29NO2/c1-6-8-10-12(3)15(18)14(16(4)5)13(17)11-9-7-2/h6,8,12,14-15,18H,7,9-11H2,1-5H3/b8-6+/t12-,14?,15-/m1/s1/i1D3,6D. The van der Waals surface area contributed by atoms with Gasteiger partial charge in [-0.1, -0.05) is 32.4 Å². The first kappa shape index (κ1) is 11.2. The molecule has 0 amide bonds. The molecule has 0 aliphatic carbocycles. The normalized spacial score (nSPS) is 21.6. The number of unbranched alkanes of at least 4 members (excludes halogenated alkanes) is 1. The second kappa shape index (κ2) is 9.29. The van der Waals surface area contributed by atoms with Gasteiger partial charge >= 0.3 is 0 Å². The number of Topliss-reactive ketones (excluding diaryl/α,β-unsaturated/α-hetero) is 1. The Morgan fingerprint density at radius 2 is 2.22 bits per heavy atom. The molecule has 0 bridgehead atoms. The summed E-state index contributed by atoms with van der Waals surface area (Å²) in [4.78, 5) is 13.9. The number of rotatable bonds is 9. The first-order valence-electron chi connectivity index (χ1n) is 8.56. The number of carbonyl (C=O) groups is 1. The van der Waals surface area contributed by atoms with Gasteiger partial charge in [0.05, 0.1) is 13.5 Å². The van der Waals surface area contributed by atoms with E-state index in [2.05, 4.69) is 0 Å². The fourth-order valence-corrected chi connectivity index (χ4v) is 1.98. The lowest BCUT2D eigenvalue weighted by molar-refractivity contribution is -0.128. The smallest absolute Gasteiger partial charge is 0.152 e. The van der Waals surface area contributed by atoms with Crippen LogP contribution in [-0.4, -0.2) is 42.0 Å². The van der Waals surface area contributed by atoms with Crippen LogP contribution in [-0.2, 0) is 4.79 Å². The van der Waals surface area contributed by atoms with Crippen LogP contribution in [0.15, 0.2) is 12.1 Å². The predicted molar refractivity (Wildman–Crippen MR) is 76.6 cm³/mol. The number of aliphatic hydroxyl groups is 1. The molecule has 1 unspecified atom stereocenters. The summed E-state index contributed by atoms with van der Waals surface area (Å²) >= 11 is 0. The fraction of sp³-hybridized carbons (Fsp3) is 0.800. The van der Waals surface area contributed by atoms with E-state index in [1.807, 2.05) is 6.92 Å². The van der Waals surface area contributed by atoms with Crippen LogP contribution in [0.3, 0.4) is 0 Å². The largest absolute Gasteiger partial charge is 0.391 e. The third-order valence-corrected chi connectivity index (χ3v) is 3.16. The zero-order valence-corrected chi connectivity index (χ0v) is 11.9. The van der Waals surface area contributed by atoms with Crippen LogP contribution < -0.4 is 0 Å². The molecule has 0 aliphatic rings. The summed E-state index contributed by atoms with van der Waals surface area (Å²) in [6.45, 7) is 1.34. The van der Waals surface area contributed by atoms with Crippen molar-refractivity contribution >= 4 is 5.78 Å². The quantitative estimate of drug-likeness (QED) is 0.647. The molecule has 0 saturated carbocycles. The number of allylic oxidation sites excluding steroid dienone is 2. The molecule has 0 heterocycles. The van der Waals surface area contributed by atoms with E-state index in [-0.39, 0.29) is 18.1 Å². The highest BCUT2D eigenvalue weighted by atomic mass is 16.3. The molecule has 106 valence electrons. The molecule has 3 heteroatoms. The molecule has 0 radical (unpaired) electrons. The summed E-state index contributed by atoms with van der Waals surface area (Å²) in [6.07, 6.45) is 2.81. The number of ketones is 1. The molecule has 0 aliphatic heterocycles. The molecular weight excluding hydrogens is 226 g/mol. The SMILES string of the molecule is [2H]/C(=C\C[C@@H](C)[C@@H](O)C(C(=O)CCCC)N(C)C)C([2H])([2H])[2H]. The van der Waals surface area contributed by atoms with Gasteiger partial charge in [0.25, 0.3) is 0 Å². The Labute approximate surface area is 117 Å². The van der Waals surface area contributed by atoms with Gasteiger partial charge in [0.2, 0.25) is 0 Å². The molecule has 0 aromatic heterocycles. The number of hydrogen-bond donors (Lipinski definition) is 1. The first-order chi connectivity index (χ1) is 10.0. The van der Waals surface area contributed by atoms with Crippen molar-refractivity contribution in [2.45, 2.75) is 58.5 Å². The van der Waals surface area contributed by atoms with Crippen molar-refractivity contribution in [3.05, 3.63) is 12.1 Å². The molecule has 0 spiro atoms. The van der Waals surface area contributed by atoms with Crippen molar-refractivity contribution in [2.75, 3.05) is 14.1 Å². The molecular formula is C15H29NO2. The van der Waals surface area contributed by atoms with E-state index in [1.54, 1.807) is 25.9 Å². The van der Waals surface area contributed by atoms with Crippen molar-refractivity contribution in [3.8, 4) is 0 Å². The van der Waals surface area contributed by atoms with E-state index >= 15 is 0 Å². The summed E-state index contributed by atoms with van der Waals surface area (Å²) < 4.78 is 28.9. The highest BCUT2D eigenvalue weighted by molar-refractivity contribution is 5.84. The number of carbonyl (C=O) groups excluding carboxylic acids is 1.